The average Bonchev–Trinajstić information content (AvgIpc) is 2.57. The third-order valence-corrected chi connectivity index (χ3v) is 4.05. The molecule has 0 saturated heterocycles. The molecule has 3 nitrogen and oxygen atoms in total. The number of aliphatic imine (C=N–C) groups is 1. The van der Waals surface area contributed by atoms with Gasteiger partial charge in [-0.1, -0.05) is 54.1 Å². The molecule has 0 bridgehead atoms. The van der Waals surface area contributed by atoms with Crippen LogP contribution in [0.25, 0.3) is 11.1 Å². The van der Waals surface area contributed by atoms with Crippen LogP contribution >= 0.6 is 0 Å². The van der Waals surface area contributed by atoms with E-state index in [1.807, 2.05) is 31.2 Å². The second kappa shape index (κ2) is 10.3. The van der Waals surface area contributed by atoms with Gasteiger partial charge in [0.05, 0.1) is 12.0 Å². The molecule has 2 aromatic carbocycles. The first kappa shape index (κ1) is 26.0. The number of rotatable bonds is 6. The molecule has 0 aliphatic heterocycles. The van der Waals surface area contributed by atoms with Crippen molar-refractivity contribution in [3.63, 3.8) is 0 Å². The molecule has 150 valence electrons. The summed E-state index contributed by atoms with van der Waals surface area (Å²) >= 11 is 0. The molecule has 2 aromatic rings. The molecule has 0 aliphatic rings. The molecular formula is C21H20F4KNO2. The minimum atomic E-state index is -4.90. The van der Waals surface area contributed by atoms with Crippen molar-refractivity contribution in [2.24, 2.45) is 4.99 Å². The molecule has 2 rings (SSSR count). The number of aryl methyl sites for hydroxylation is 1. The van der Waals surface area contributed by atoms with Gasteiger partial charge in [0.25, 0.3) is 0 Å². The van der Waals surface area contributed by atoms with Crippen molar-refractivity contribution in [1.29, 1.82) is 0 Å². The third kappa shape index (κ3) is 7.94. The van der Waals surface area contributed by atoms with Crippen LogP contribution < -0.4 is 56.5 Å². The Bertz CT molecular complexity index is 854. The molecule has 0 heterocycles. The maximum atomic E-state index is 13.8. The van der Waals surface area contributed by atoms with Crippen molar-refractivity contribution < 1.29 is 78.8 Å². The summed E-state index contributed by atoms with van der Waals surface area (Å²) in [5, 5.41) is 11.2. The van der Waals surface area contributed by atoms with Gasteiger partial charge < -0.3 is 9.90 Å². The minimum Gasteiger partial charge on any atom is -0.548 e. The predicted molar refractivity (Wildman–Crippen MR) is 97.8 cm³/mol. The molecule has 0 aromatic heterocycles. The zero-order chi connectivity index (χ0) is 21.1. The van der Waals surface area contributed by atoms with Crippen molar-refractivity contribution in [2.45, 2.75) is 45.1 Å². The van der Waals surface area contributed by atoms with Crippen LogP contribution in [0.4, 0.5) is 17.6 Å². The second-order valence-electron chi connectivity index (χ2n) is 7.18. The van der Waals surface area contributed by atoms with Crippen molar-refractivity contribution in [2.75, 3.05) is 0 Å². The van der Waals surface area contributed by atoms with Gasteiger partial charge in [-0.3, -0.25) is 4.99 Å². The van der Waals surface area contributed by atoms with Crippen LogP contribution in [0.1, 0.15) is 31.4 Å². The zero-order valence-corrected chi connectivity index (χ0v) is 19.8. The Labute approximate surface area is 209 Å². The fourth-order valence-corrected chi connectivity index (χ4v) is 2.68. The summed E-state index contributed by atoms with van der Waals surface area (Å²) in [5.41, 5.74) is -1.11. The molecule has 0 spiro atoms. The fourth-order valence-electron chi connectivity index (χ4n) is 2.68. The molecule has 0 aliphatic carbocycles. The predicted octanol–water partition coefficient (Wildman–Crippen LogP) is 1.27. The number of aliphatic carboxylic acids is 1. The summed E-state index contributed by atoms with van der Waals surface area (Å²) in [6, 6.07) is 10.9. The number of nitrogens with zero attached hydrogens (tertiary/aromatic N) is 1. The van der Waals surface area contributed by atoms with Gasteiger partial charge in [-0.2, -0.15) is 13.2 Å². The number of alkyl halides is 4. The van der Waals surface area contributed by atoms with Gasteiger partial charge in [-0.25, -0.2) is 4.39 Å². The Hall–Kier alpha value is -1.06. The van der Waals surface area contributed by atoms with Gasteiger partial charge in [-0.15, -0.1) is 0 Å². The van der Waals surface area contributed by atoms with E-state index < -0.39 is 36.0 Å². The fraction of sp³-hybridized carbons (Fsp3) is 0.333. The van der Waals surface area contributed by atoms with Crippen LogP contribution in [-0.4, -0.2) is 29.6 Å². The summed E-state index contributed by atoms with van der Waals surface area (Å²) < 4.78 is 54.3. The smallest absolute Gasteiger partial charge is 0.548 e. The average molecular weight is 433 g/mol. The van der Waals surface area contributed by atoms with Gasteiger partial charge in [0, 0.05) is 12.0 Å². The molecular weight excluding hydrogens is 413 g/mol. The van der Waals surface area contributed by atoms with E-state index in [0.717, 1.165) is 25.0 Å². The monoisotopic (exact) mass is 433 g/mol. The number of hydrogen-bond donors (Lipinski definition) is 0. The number of hydrogen-bond acceptors (Lipinski definition) is 3. The number of carbonyl (C=O) groups excluding carboxylic acids is 1. The largest absolute Gasteiger partial charge is 1.00 e. The van der Waals surface area contributed by atoms with E-state index in [4.69, 9.17) is 0 Å². The van der Waals surface area contributed by atoms with Gasteiger partial charge in [0.1, 0.15) is 11.4 Å². The Balaban J connectivity index is 0.00000420. The van der Waals surface area contributed by atoms with Crippen LogP contribution in [0.5, 0.6) is 0 Å². The van der Waals surface area contributed by atoms with E-state index in [1.165, 1.54) is 24.3 Å². The maximum absolute atomic E-state index is 13.8. The quantitative estimate of drug-likeness (QED) is 0.392. The number of carbonyl (C=O) groups is 1. The van der Waals surface area contributed by atoms with Gasteiger partial charge in [0.2, 0.25) is 0 Å². The van der Waals surface area contributed by atoms with E-state index in [2.05, 4.69) is 4.99 Å². The van der Waals surface area contributed by atoms with Crippen molar-refractivity contribution in [3.8, 4) is 11.1 Å². The first-order chi connectivity index (χ1) is 12.9. The Morgan fingerprint density at radius 3 is 1.79 bits per heavy atom. The molecule has 1 atom stereocenters. The van der Waals surface area contributed by atoms with Crippen LogP contribution in [0.3, 0.4) is 0 Å². The van der Waals surface area contributed by atoms with E-state index in [1.54, 1.807) is 0 Å². The molecule has 8 heteroatoms. The summed E-state index contributed by atoms with van der Waals surface area (Å²) in [6.45, 7) is 4.07. The Kier molecular flexibility index (Phi) is 9.23. The molecule has 0 saturated carbocycles. The van der Waals surface area contributed by atoms with Gasteiger partial charge in [0.15, 0.2) is 0 Å². The second-order valence-corrected chi connectivity index (χ2v) is 7.18. The van der Waals surface area contributed by atoms with E-state index >= 15 is 0 Å². The molecule has 0 fully saturated rings. The number of halogens is 4. The van der Waals surface area contributed by atoms with Gasteiger partial charge >= 0.3 is 57.6 Å². The summed E-state index contributed by atoms with van der Waals surface area (Å²) in [6.07, 6.45) is -5.63. The SMILES string of the molecule is Cc1ccc(-c2ccc(C(=N[C@@H](CC(C)(C)F)C(=O)[O-])C(F)(F)F)cc2)cc1.[K+]. The number of benzene rings is 2. The normalized spacial score (nSPS) is 13.6. The van der Waals surface area contributed by atoms with E-state index in [9.17, 15) is 27.5 Å². The van der Waals surface area contributed by atoms with Crippen molar-refractivity contribution in [1.82, 2.24) is 0 Å². The Morgan fingerprint density at radius 2 is 1.41 bits per heavy atom. The van der Waals surface area contributed by atoms with Crippen molar-refractivity contribution in [3.05, 3.63) is 59.7 Å². The van der Waals surface area contributed by atoms with Crippen LogP contribution in [0, 0.1) is 6.92 Å². The van der Waals surface area contributed by atoms with Crippen LogP contribution in [-0.2, 0) is 4.79 Å². The topological polar surface area (TPSA) is 52.5 Å². The van der Waals surface area contributed by atoms with Crippen LogP contribution in [0.15, 0.2) is 53.5 Å². The van der Waals surface area contributed by atoms with E-state index in [0.29, 0.717) is 5.56 Å². The molecule has 0 unspecified atom stereocenters. The standard InChI is InChI=1S/C21H21F4NO2.K/c1-13-4-6-14(7-5-13)15-8-10-16(11-9-15)18(21(23,24)25)26-17(19(27)28)12-20(2,3)22;/h4-11,17H,12H2,1-3H3,(H,27,28);/q;+1/p-1/t17-;/m0./s1. The molecule has 0 N–H and O–H groups in total. The summed E-state index contributed by atoms with van der Waals surface area (Å²) in [7, 11) is 0. The van der Waals surface area contributed by atoms with Crippen LogP contribution in [0.2, 0.25) is 0 Å². The molecule has 0 amide bonds. The first-order valence-corrected chi connectivity index (χ1v) is 8.59. The maximum Gasteiger partial charge on any atom is 1.00 e. The van der Waals surface area contributed by atoms with Gasteiger partial charge in [-0.05, 0) is 31.9 Å². The summed E-state index contributed by atoms with van der Waals surface area (Å²) in [5.74, 6) is -1.86. The Morgan fingerprint density at radius 1 is 0.966 bits per heavy atom. The minimum absolute atomic E-state index is 0. The summed E-state index contributed by atoms with van der Waals surface area (Å²) in [4.78, 5) is 14.5. The number of carboxylic acids is 1. The molecule has 0 radical (unpaired) electrons. The van der Waals surface area contributed by atoms with Crippen molar-refractivity contribution >= 4 is 11.7 Å². The zero-order valence-electron chi connectivity index (χ0n) is 16.7. The molecule has 29 heavy (non-hydrogen) atoms. The number of carboxylic acid groups (broad SMARTS) is 1. The first-order valence-electron chi connectivity index (χ1n) is 8.59. The third-order valence-electron chi connectivity index (χ3n) is 4.05. The van der Waals surface area contributed by atoms with E-state index in [-0.39, 0.29) is 56.9 Å².